The number of hydrogen-bond donors (Lipinski definition) is 2. The van der Waals surface area contributed by atoms with Crippen molar-refractivity contribution in [3.8, 4) is 17.2 Å². The van der Waals surface area contributed by atoms with E-state index in [4.69, 9.17) is 9.47 Å². The number of hydrogen-bond acceptors (Lipinski definition) is 6. The zero-order chi connectivity index (χ0) is 23.7. The Balaban J connectivity index is 1.29. The molecule has 2 aliphatic heterocycles. The molecule has 0 radical (unpaired) electrons. The van der Waals surface area contributed by atoms with Crippen LogP contribution in [0.15, 0.2) is 65.3 Å². The van der Waals surface area contributed by atoms with E-state index in [-0.39, 0.29) is 28.8 Å². The van der Waals surface area contributed by atoms with Gasteiger partial charge in [0.05, 0.1) is 10.1 Å². The zero-order valence-electron chi connectivity index (χ0n) is 19.2. The zero-order valence-corrected chi connectivity index (χ0v) is 20.0. The second kappa shape index (κ2) is 9.92. The summed E-state index contributed by atoms with van der Waals surface area (Å²) in [4.78, 5) is 2.76. The molecule has 2 heterocycles. The molecule has 34 heavy (non-hydrogen) atoms. The number of rotatable bonds is 6. The van der Waals surface area contributed by atoms with Crippen LogP contribution < -0.4 is 4.74 Å². The van der Waals surface area contributed by atoms with E-state index < -0.39 is 5.82 Å². The van der Waals surface area contributed by atoms with Crippen molar-refractivity contribution >= 4 is 11.8 Å². The normalized spacial score (nSPS) is 26.6. The lowest BCUT2D eigenvalue weighted by Crippen LogP contribution is -2.34. The van der Waals surface area contributed by atoms with E-state index in [0.717, 1.165) is 43.3 Å². The number of ether oxygens (including phenoxy) is 2. The second-order valence-electron chi connectivity index (χ2n) is 9.35. The topological polar surface area (TPSA) is 62.2 Å². The summed E-state index contributed by atoms with van der Waals surface area (Å²) in [5.74, 6) is 1.30. The maximum atomic E-state index is 14.7. The molecule has 4 atom stereocenters. The van der Waals surface area contributed by atoms with Crippen molar-refractivity contribution in [1.29, 1.82) is 0 Å². The molecule has 1 unspecified atom stereocenters. The smallest absolute Gasteiger partial charge is 0.182 e. The summed E-state index contributed by atoms with van der Waals surface area (Å²) >= 11 is 1.35. The van der Waals surface area contributed by atoms with Crippen LogP contribution in [0, 0.1) is 17.7 Å². The van der Waals surface area contributed by atoms with Crippen LogP contribution in [0.5, 0.6) is 17.2 Å². The third-order valence-corrected chi connectivity index (χ3v) is 8.18. The monoisotopic (exact) mass is 483 g/mol. The molecule has 7 heteroatoms. The van der Waals surface area contributed by atoms with E-state index in [9.17, 15) is 14.6 Å². The lowest BCUT2D eigenvalue weighted by atomic mass is 9.89. The summed E-state index contributed by atoms with van der Waals surface area (Å²) < 4.78 is 27.0. The lowest BCUT2D eigenvalue weighted by molar-refractivity contribution is 0.137. The van der Waals surface area contributed by atoms with Gasteiger partial charge in [-0.2, -0.15) is 0 Å². The molecule has 1 fully saturated rings. The molecular weight excluding hydrogens is 453 g/mol. The van der Waals surface area contributed by atoms with Crippen molar-refractivity contribution in [3.63, 3.8) is 0 Å². The van der Waals surface area contributed by atoms with Crippen LogP contribution in [0.1, 0.15) is 30.6 Å². The average Bonchev–Trinajstić information content (AvgIpc) is 3.27. The lowest BCUT2D eigenvalue weighted by Gasteiger charge is -2.37. The highest BCUT2D eigenvalue weighted by molar-refractivity contribution is 7.99. The van der Waals surface area contributed by atoms with Crippen molar-refractivity contribution in [3.05, 3.63) is 71.8 Å². The Morgan fingerprint density at radius 1 is 1.18 bits per heavy atom. The Morgan fingerprint density at radius 2 is 2.00 bits per heavy atom. The first kappa shape index (κ1) is 23.1. The standard InChI is InChI=1S/C27H30FNO4S/c1-17-12-13-29(16-17)14-15-32-21-8-4-18(5-9-21)25-26(19-2-6-20(30)7-3-19)34-27-23(33-25)11-10-22(31)24(27)28/h2-4,6-11,17-18,25-26,30-31H,5,12-16H2,1H3/t17-,18?,25-,26+/m0/s1. The van der Waals surface area contributed by atoms with Gasteiger partial charge in [-0.25, -0.2) is 4.39 Å². The molecule has 0 bridgehead atoms. The summed E-state index contributed by atoms with van der Waals surface area (Å²) in [5.41, 5.74) is 0.931. The number of likely N-dealkylation sites (tertiary alicyclic amines) is 1. The molecule has 3 aliphatic rings. The first-order valence-electron chi connectivity index (χ1n) is 11.8. The molecule has 2 aromatic rings. The molecular formula is C27H30FNO4S. The Labute approximate surface area is 203 Å². The van der Waals surface area contributed by atoms with Crippen molar-refractivity contribution in [2.45, 2.75) is 36.0 Å². The van der Waals surface area contributed by atoms with Crippen molar-refractivity contribution in [1.82, 2.24) is 4.90 Å². The molecule has 1 aliphatic carbocycles. The number of thioether (sulfide) groups is 1. The van der Waals surface area contributed by atoms with Crippen LogP contribution >= 0.6 is 11.8 Å². The van der Waals surface area contributed by atoms with Crippen molar-refractivity contribution in [2.24, 2.45) is 11.8 Å². The first-order valence-corrected chi connectivity index (χ1v) is 12.7. The molecule has 180 valence electrons. The number of benzene rings is 2. The van der Waals surface area contributed by atoms with E-state index in [1.165, 1.54) is 24.2 Å². The predicted octanol–water partition coefficient (Wildman–Crippen LogP) is 5.65. The number of fused-ring (bicyclic) bond motifs is 1. The second-order valence-corrected chi connectivity index (χ2v) is 10.5. The summed E-state index contributed by atoms with van der Waals surface area (Å²) in [6.45, 7) is 6.21. The number of nitrogens with zero attached hydrogens (tertiary/aromatic N) is 1. The minimum Gasteiger partial charge on any atom is -0.508 e. The van der Waals surface area contributed by atoms with Gasteiger partial charge in [0.2, 0.25) is 0 Å². The average molecular weight is 484 g/mol. The molecule has 1 saturated heterocycles. The van der Waals surface area contributed by atoms with Gasteiger partial charge in [0.1, 0.15) is 30.0 Å². The minimum atomic E-state index is -0.660. The third kappa shape index (κ3) is 4.91. The Kier molecular flexibility index (Phi) is 6.75. The van der Waals surface area contributed by atoms with Gasteiger partial charge in [0, 0.05) is 19.0 Å². The van der Waals surface area contributed by atoms with Gasteiger partial charge >= 0.3 is 0 Å². The molecule has 5 rings (SSSR count). The first-order chi connectivity index (χ1) is 16.5. The van der Waals surface area contributed by atoms with E-state index in [1.807, 2.05) is 18.2 Å². The van der Waals surface area contributed by atoms with Crippen LogP contribution in [0.4, 0.5) is 4.39 Å². The van der Waals surface area contributed by atoms with Crippen LogP contribution in [0.2, 0.25) is 0 Å². The maximum absolute atomic E-state index is 14.7. The van der Waals surface area contributed by atoms with E-state index in [2.05, 4.69) is 24.0 Å². The fourth-order valence-electron chi connectivity index (χ4n) is 4.86. The quantitative estimate of drug-likeness (QED) is 0.554. The van der Waals surface area contributed by atoms with Gasteiger partial charge in [-0.3, -0.25) is 4.90 Å². The Morgan fingerprint density at radius 3 is 2.71 bits per heavy atom. The van der Waals surface area contributed by atoms with Gasteiger partial charge in [-0.15, -0.1) is 11.8 Å². The molecule has 0 saturated carbocycles. The van der Waals surface area contributed by atoms with E-state index >= 15 is 0 Å². The maximum Gasteiger partial charge on any atom is 0.182 e. The molecule has 2 N–H and O–H groups in total. The largest absolute Gasteiger partial charge is 0.508 e. The molecule has 2 aromatic carbocycles. The molecule has 0 amide bonds. The van der Waals surface area contributed by atoms with Gasteiger partial charge in [-0.1, -0.05) is 25.1 Å². The fraction of sp³-hybridized carbons (Fsp3) is 0.407. The highest BCUT2D eigenvalue weighted by Crippen LogP contribution is 2.52. The summed E-state index contributed by atoms with van der Waals surface area (Å²) in [6.07, 6.45) is 8.00. The summed E-state index contributed by atoms with van der Waals surface area (Å²) in [5, 5.41) is 19.4. The highest BCUT2D eigenvalue weighted by atomic mass is 32.2. The van der Waals surface area contributed by atoms with Crippen LogP contribution in [-0.4, -0.2) is 47.5 Å². The number of allylic oxidation sites excluding steroid dienone is 2. The SMILES string of the molecule is C[C@H]1CCN(CCOC2=CCC([C@@H]3Oc4ccc(O)c(F)c4S[C@@H]3c3ccc(O)cc3)C=C2)C1. The summed E-state index contributed by atoms with van der Waals surface area (Å²) in [7, 11) is 0. The van der Waals surface area contributed by atoms with Gasteiger partial charge in [0.15, 0.2) is 11.6 Å². The Bertz CT molecular complexity index is 1090. The van der Waals surface area contributed by atoms with Gasteiger partial charge in [0.25, 0.3) is 0 Å². The van der Waals surface area contributed by atoms with Crippen LogP contribution in [0.3, 0.4) is 0 Å². The van der Waals surface area contributed by atoms with E-state index in [0.29, 0.717) is 17.3 Å². The third-order valence-electron chi connectivity index (χ3n) is 6.77. The fourth-order valence-corrected chi connectivity index (χ4v) is 6.24. The molecule has 5 nitrogen and oxygen atoms in total. The van der Waals surface area contributed by atoms with E-state index in [1.54, 1.807) is 18.2 Å². The number of halogens is 1. The number of phenols is 2. The van der Waals surface area contributed by atoms with Crippen LogP contribution in [0.25, 0.3) is 0 Å². The molecule has 0 aromatic heterocycles. The van der Waals surface area contributed by atoms with Gasteiger partial charge in [-0.05, 0) is 67.3 Å². The molecule has 0 spiro atoms. The van der Waals surface area contributed by atoms with Gasteiger partial charge < -0.3 is 19.7 Å². The van der Waals surface area contributed by atoms with Crippen LogP contribution in [-0.2, 0) is 4.74 Å². The highest BCUT2D eigenvalue weighted by Gasteiger charge is 2.38. The summed E-state index contributed by atoms with van der Waals surface area (Å²) in [6, 6.07) is 9.89. The van der Waals surface area contributed by atoms with Crippen molar-refractivity contribution < 1.29 is 24.1 Å². The Hall–Kier alpha value is -2.64. The predicted molar refractivity (Wildman–Crippen MR) is 131 cm³/mol. The number of aromatic hydroxyl groups is 2. The number of phenolic OH excluding ortho intramolecular Hbond substituents is 2. The minimum absolute atomic E-state index is 0.0723. The van der Waals surface area contributed by atoms with Crippen molar-refractivity contribution in [2.75, 3.05) is 26.2 Å².